The second kappa shape index (κ2) is 7.97. The normalized spacial score (nSPS) is 13.6. The van der Waals surface area contributed by atoms with E-state index < -0.39 is 0 Å². The van der Waals surface area contributed by atoms with E-state index in [1.165, 1.54) is 0 Å². The summed E-state index contributed by atoms with van der Waals surface area (Å²) in [5, 5.41) is 15.7. The van der Waals surface area contributed by atoms with Crippen molar-refractivity contribution in [3.8, 4) is 0 Å². The first-order valence-corrected chi connectivity index (χ1v) is 7.50. The van der Waals surface area contributed by atoms with Gasteiger partial charge in [-0.1, -0.05) is 13.8 Å². The number of hydrogen-bond donors (Lipinski definition) is 3. The average molecular weight is 296 g/mol. The van der Waals surface area contributed by atoms with E-state index in [1.54, 1.807) is 0 Å². The predicted molar refractivity (Wildman–Crippen MR) is 87.0 cm³/mol. The summed E-state index contributed by atoms with van der Waals surface area (Å²) in [4.78, 5) is 15.1. The molecule has 0 aliphatic carbocycles. The molecule has 1 aromatic heterocycles. The monoisotopic (exact) mass is 296 g/mol. The molecular weight excluding hydrogens is 268 g/mol. The first kappa shape index (κ1) is 17.4. The Morgan fingerprint density at radius 2 is 1.81 bits per heavy atom. The fourth-order valence-electron chi connectivity index (χ4n) is 1.78. The van der Waals surface area contributed by atoms with Gasteiger partial charge < -0.3 is 20.6 Å². The van der Waals surface area contributed by atoms with Crippen LogP contribution in [0.3, 0.4) is 0 Å². The molecule has 1 aromatic rings. The predicted octanol–water partition coefficient (Wildman–Crippen LogP) is 1.72. The maximum atomic E-state index is 9.21. The summed E-state index contributed by atoms with van der Waals surface area (Å²) in [6.45, 7) is 7.17. The molecule has 3 N–H and O–H groups in total. The number of nitrogens with one attached hydrogen (secondary N) is 2. The van der Waals surface area contributed by atoms with Crippen molar-refractivity contribution < 1.29 is 5.11 Å². The second-order valence-electron chi connectivity index (χ2n) is 5.62. The Morgan fingerprint density at radius 3 is 2.33 bits per heavy atom. The van der Waals surface area contributed by atoms with Crippen LogP contribution in [0.25, 0.3) is 0 Å². The van der Waals surface area contributed by atoms with E-state index >= 15 is 0 Å². The molecule has 0 aliphatic heterocycles. The van der Waals surface area contributed by atoms with E-state index in [4.69, 9.17) is 0 Å². The van der Waals surface area contributed by atoms with Crippen LogP contribution in [-0.2, 0) is 0 Å². The molecule has 0 amide bonds. The summed E-state index contributed by atoms with van der Waals surface area (Å²) in [5.41, 5.74) is -0.234. The highest BCUT2D eigenvalue weighted by atomic mass is 16.3. The maximum absolute atomic E-state index is 9.21. The third kappa shape index (κ3) is 5.34. The van der Waals surface area contributed by atoms with Gasteiger partial charge in [-0.2, -0.15) is 15.0 Å². The van der Waals surface area contributed by atoms with Crippen LogP contribution in [0.15, 0.2) is 0 Å². The number of rotatable bonds is 9. The SMILES string of the molecule is CCCNc1nc(NC(C)(CC)CCO)nc(N(C)C)n1. The smallest absolute Gasteiger partial charge is 0.231 e. The molecule has 0 bridgehead atoms. The topological polar surface area (TPSA) is 86.2 Å². The molecule has 0 radical (unpaired) electrons. The van der Waals surface area contributed by atoms with Crippen molar-refractivity contribution in [2.24, 2.45) is 0 Å². The second-order valence-corrected chi connectivity index (χ2v) is 5.62. The van der Waals surface area contributed by atoms with Crippen LogP contribution < -0.4 is 15.5 Å². The highest BCUT2D eigenvalue weighted by molar-refractivity contribution is 5.44. The Hall–Kier alpha value is -1.63. The van der Waals surface area contributed by atoms with Gasteiger partial charge in [-0.05, 0) is 26.2 Å². The molecule has 1 heterocycles. The summed E-state index contributed by atoms with van der Waals surface area (Å²) in [7, 11) is 3.80. The molecule has 0 saturated carbocycles. The van der Waals surface area contributed by atoms with Crippen molar-refractivity contribution in [2.45, 2.75) is 45.6 Å². The molecule has 0 aromatic carbocycles. The van der Waals surface area contributed by atoms with E-state index in [0.717, 1.165) is 19.4 Å². The van der Waals surface area contributed by atoms with Crippen LogP contribution >= 0.6 is 0 Å². The number of aliphatic hydroxyl groups is 1. The molecule has 0 spiro atoms. The van der Waals surface area contributed by atoms with Gasteiger partial charge in [0.25, 0.3) is 0 Å². The Morgan fingerprint density at radius 1 is 1.14 bits per heavy atom. The fraction of sp³-hybridized carbons (Fsp3) is 0.786. The summed E-state index contributed by atoms with van der Waals surface area (Å²) in [6.07, 6.45) is 2.52. The molecule has 0 aliphatic rings. The van der Waals surface area contributed by atoms with Gasteiger partial charge in [-0.25, -0.2) is 0 Å². The van der Waals surface area contributed by atoms with Crippen molar-refractivity contribution in [1.82, 2.24) is 15.0 Å². The zero-order valence-corrected chi connectivity index (χ0v) is 13.8. The highest BCUT2D eigenvalue weighted by Gasteiger charge is 2.23. The largest absolute Gasteiger partial charge is 0.396 e. The van der Waals surface area contributed by atoms with Crippen LogP contribution in [0.4, 0.5) is 17.8 Å². The van der Waals surface area contributed by atoms with Gasteiger partial charge >= 0.3 is 0 Å². The van der Waals surface area contributed by atoms with E-state index in [-0.39, 0.29) is 12.1 Å². The molecule has 0 fully saturated rings. The lowest BCUT2D eigenvalue weighted by molar-refractivity contribution is 0.251. The van der Waals surface area contributed by atoms with Crippen LogP contribution in [-0.4, -0.2) is 52.8 Å². The van der Waals surface area contributed by atoms with Gasteiger partial charge in [-0.15, -0.1) is 0 Å². The fourth-order valence-corrected chi connectivity index (χ4v) is 1.78. The molecule has 7 heteroatoms. The average Bonchev–Trinajstić information content (AvgIpc) is 2.45. The number of nitrogens with zero attached hydrogens (tertiary/aromatic N) is 4. The van der Waals surface area contributed by atoms with Crippen molar-refractivity contribution in [3.63, 3.8) is 0 Å². The Labute approximate surface area is 127 Å². The summed E-state index contributed by atoms with van der Waals surface area (Å²) < 4.78 is 0. The van der Waals surface area contributed by atoms with Gasteiger partial charge in [0.05, 0.1) is 0 Å². The van der Waals surface area contributed by atoms with Gasteiger partial charge in [0, 0.05) is 32.8 Å². The quantitative estimate of drug-likeness (QED) is 0.639. The standard InChI is InChI=1S/C14H28N6O/c1-6-9-15-11-16-12(18-13(17-11)20(4)5)19-14(3,7-2)8-10-21/h21H,6-10H2,1-5H3,(H2,15,16,17,18,19). The first-order valence-electron chi connectivity index (χ1n) is 7.50. The van der Waals surface area contributed by atoms with Crippen molar-refractivity contribution >= 4 is 17.8 Å². The lowest BCUT2D eigenvalue weighted by Crippen LogP contribution is -2.36. The summed E-state index contributed by atoms with van der Waals surface area (Å²) in [6, 6.07) is 0. The number of hydrogen-bond acceptors (Lipinski definition) is 7. The maximum Gasteiger partial charge on any atom is 0.231 e. The van der Waals surface area contributed by atoms with E-state index in [9.17, 15) is 5.11 Å². The Kier molecular flexibility index (Phi) is 6.61. The lowest BCUT2D eigenvalue weighted by atomic mass is 9.95. The third-order valence-electron chi connectivity index (χ3n) is 3.41. The highest BCUT2D eigenvalue weighted by Crippen LogP contribution is 2.21. The number of aromatic nitrogens is 3. The minimum Gasteiger partial charge on any atom is -0.396 e. The zero-order valence-electron chi connectivity index (χ0n) is 13.8. The molecule has 1 unspecified atom stereocenters. The molecule has 7 nitrogen and oxygen atoms in total. The third-order valence-corrected chi connectivity index (χ3v) is 3.41. The number of aliphatic hydroxyl groups excluding tert-OH is 1. The molecule has 120 valence electrons. The zero-order chi connectivity index (χ0) is 15.9. The lowest BCUT2D eigenvalue weighted by Gasteiger charge is -2.29. The van der Waals surface area contributed by atoms with Crippen molar-refractivity contribution in [2.75, 3.05) is 42.8 Å². The van der Waals surface area contributed by atoms with Gasteiger partial charge in [0.15, 0.2) is 0 Å². The van der Waals surface area contributed by atoms with Crippen molar-refractivity contribution in [1.29, 1.82) is 0 Å². The molecule has 1 atom stereocenters. The summed E-state index contributed by atoms with van der Waals surface area (Å²) >= 11 is 0. The molecule has 0 saturated heterocycles. The van der Waals surface area contributed by atoms with Gasteiger partial charge in [0.2, 0.25) is 17.8 Å². The van der Waals surface area contributed by atoms with E-state index in [2.05, 4.69) is 46.4 Å². The van der Waals surface area contributed by atoms with Crippen molar-refractivity contribution in [3.05, 3.63) is 0 Å². The van der Waals surface area contributed by atoms with Gasteiger partial charge in [-0.3, -0.25) is 0 Å². The first-order chi connectivity index (χ1) is 9.94. The van der Waals surface area contributed by atoms with Crippen LogP contribution in [0.1, 0.15) is 40.0 Å². The summed E-state index contributed by atoms with van der Waals surface area (Å²) in [5.74, 6) is 1.71. The molecule has 21 heavy (non-hydrogen) atoms. The minimum absolute atomic E-state index is 0.129. The van der Waals surface area contributed by atoms with Gasteiger partial charge in [0.1, 0.15) is 0 Å². The van der Waals surface area contributed by atoms with Crippen LogP contribution in [0.5, 0.6) is 0 Å². The molecule has 1 rings (SSSR count). The molecular formula is C14H28N6O. The Bertz CT molecular complexity index is 439. The van der Waals surface area contributed by atoms with E-state index in [0.29, 0.717) is 24.3 Å². The van der Waals surface area contributed by atoms with Crippen LogP contribution in [0.2, 0.25) is 0 Å². The van der Waals surface area contributed by atoms with Crippen LogP contribution in [0, 0.1) is 0 Å². The number of anilines is 3. The van der Waals surface area contributed by atoms with E-state index in [1.807, 2.05) is 19.0 Å². The minimum atomic E-state index is -0.234. The Balaban J connectivity index is 3.01.